The quantitative estimate of drug-likeness (QED) is 0.806. The number of benzene rings is 1. The maximum absolute atomic E-state index is 11.4. The van der Waals surface area contributed by atoms with E-state index in [2.05, 4.69) is 32.0 Å². The van der Waals surface area contributed by atoms with Gasteiger partial charge in [-0.1, -0.05) is 6.92 Å². The first-order valence-corrected chi connectivity index (χ1v) is 8.54. The number of Topliss-reactive ketones (excluding diaryl/α,β-unsaturated/α-hetero) is 1. The van der Waals surface area contributed by atoms with Crippen LogP contribution in [0.5, 0.6) is 0 Å². The third-order valence-electron chi connectivity index (χ3n) is 4.54. The lowest BCUT2D eigenvalue weighted by atomic mass is 10.1. The highest BCUT2D eigenvalue weighted by atomic mass is 16.1. The summed E-state index contributed by atoms with van der Waals surface area (Å²) in [5.74, 6) is 1.40. The molecule has 1 aliphatic heterocycles. The molecule has 1 aromatic carbocycles. The van der Waals surface area contributed by atoms with Crippen LogP contribution < -0.4 is 16.0 Å². The van der Waals surface area contributed by atoms with Crippen molar-refractivity contribution in [2.45, 2.75) is 13.8 Å². The van der Waals surface area contributed by atoms with E-state index in [0.717, 1.165) is 44.2 Å². The van der Waals surface area contributed by atoms with Gasteiger partial charge in [0.1, 0.15) is 12.0 Å². The Balaban J connectivity index is 1.76. The topological polar surface area (TPSA) is 87.4 Å². The molecule has 0 spiro atoms. The van der Waals surface area contributed by atoms with E-state index in [0.29, 0.717) is 17.1 Å². The Morgan fingerprint density at radius 2 is 1.84 bits per heavy atom. The first-order chi connectivity index (χ1) is 12.1. The van der Waals surface area contributed by atoms with E-state index in [-0.39, 0.29) is 5.78 Å². The fourth-order valence-corrected chi connectivity index (χ4v) is 2.94. The molecule has 2 heterocycles. The molecule has 0 amide bonds. The normalized spacial score (nSPS) is 15.2. The van der Waals surface area contributed by atoms with Crippen molar-refractivity contribution >= 4 is 28.8 Å². The van der Waals surface area contributed by atoms with Crippen LogP contribution in [0.3, 0.4) is 0 Å². The van der Waals surface area contributed by atoms with E-state index in [1.807, 2.05) is 12.1 Å². The smallest absolute Gasteiger partial charge is 0.159 e. The Labute approximate surface area is 147 Å². The summed E-state index contributed by atoms with van der Waals surface area (Å²) in [6.45, 7) is 8.62. The van der Waals surface area contributed by atoms with Crippen LogP contribution in [0.15, 0.2) is 30.6 Å². The molecule has 25 heavy (non-hydrogen) atoms. The minimum atomic E-state index is 0.0432. The number of carbonyl (C=O) groups excluding carboxylic acids is 1. The van der Waals surface area contributed by atoms with Crippen LogP contribution >= 0.6 is 0 Å². The van der Waals surface area contributed by atoms with Gasteiger partial charge in [0.25, 0.3) is 0 Å². The Bertz CT molecular complexity index is 738. The molecule has 1 aromatic heterocycles. The molecule has 0 radical (unpaired) electrons. The summed E-state index contributed by atoms with van der Waals surface area (Å²) in [4.78, 5) is 24.6. The molecule has 0 bridgehead atoms. The maximum atomic E-state index is 11.4. The lowest BCUT2D eigenvalue weighted by Gasteiger charge is -2.35. The molecule has 2 aromatic rings. The predicted molar refractivity (Wildman–Crippen MR) is 101 cm³/mol. The Hall–Kier alpha value is -2.67. The predicted octanol–water partition coefficient (Wildman–Crippen LogP) is 2.15. The van der Waals surface area contributed by atoms with Gasteiger partial charge < -0.3 is 20.9 Å². The molecule has 0 saturated carbocycles. The van der Waals surface area contributed by atoms with Crippen molar-refractivity contribution in [3.8, 4) is 0 Å². The third kappa shape index (κ3) is 3.88. The number of rotatable bonds is 5. The molecule has 1 saturated heterocycles. The molecular weight excluding hydrogens is 316 g/mol. The zero-order valence-electron chi connectivity index (χ0n) is 14.7. The number of nitrogens with two attached hydrogens (primary N) is 1. The van der Waals surface area contributed by atoms with E-state index in [1.54, 1.807) is 19.1 Å². The molecule has 1 aliphatic rings. The highest BCUT2D eigenvalue weighted by Crippen LogP contribution is 2.29. The van der Waals surface area contributed by atoms with Crippen LogP contribution in [0, 0.1) is 0 Å². The number of aromatic nitrogens is 2. The highest BCUT2D eigenvalue weighted by molar-refractivity contribution is 5.94. The van der Waals surface area contributed by atoms with Gasteiger partial charge in [-0.25, -0.2) is 9.97 Å². The molecule has 3 N–H and O–H groups in total. The first kappa shape index (κ1) is 17.2. The summed E-state index contributed by atoms with van der Waals surface area (Å²) in [6, 6.07) is 7.26. The van der Waals surface area contributed by atoms with Crippen molar-refractivity contribution in [2.75, 3.05) is 48.7 Å². The zero-order valence-corrected chi connectivity index (χ0v) is 14.7. The fourth-order valence-electron chi connectivity index (χ4n) is 2.94. The number of likely N-dealkylation sites (N-methyl/N-ethyl adjacent to an activating group) is 1. The number of hydrogen-bond acceptors (Lipinski definition) is 7. The molecule has 132 valence electrons. The van der Waals surface area contributed by atoms with E-state index >= 15 is 0 Å². The van der Waals surface area contributed by atoms with Crippen LogP contribution in [-0.4, -0.2) is 53.4 Å². The molecule has 0 unspecified atom stereocenters. The molecule has 0 atom stereocenters. The average Bonchev–Trinajstić information content (AvgIpc) is 2.64. The van der Waals surface area contributed by atoms with Crippen molar-refractivity contribution in [1.82, 2.24) is 14.9 Å². The third-order valence-corrected chi connectivity index (χ3v) is 4.54. The van der Waals surface area contributed by atoms with Gasteiger partial charge in [-0.3, -0.25) is 4.79 Å². The van der Waals surface area contributed by atoms with Gasteiger partial charge >= 0.3 is 0 Å². The largest absolute Gasteiger partial charge is 0.393 e. The van der Waals surface area contributed by atoms with Gasteiger partial charge in [0, 0.05) is 37.4 Å². The number of anilines is 4. The Morgan fingerprint density at radius 1 is 1.16 bits per heavy atom. The minimum Gasteiger partial charge on any atom is -0.393 e. The summed E-state index contributed by atoms with van der Waals surface area (Å²) in [5.41, 5.74) is 8.36. The first-order valence-electron chi connectivity index (χ1n) is 8.54. The van der Waals surface area contributed by atoms with Crippen molar-refractivity contribution in [3.05, 3.63) is 36.2 Å². The average molecular weight is 340 g/mol. The number of nitrogens with one attached hydrogen (secondary N) is 1. The van der Waals surface area contributed by atoms with Crippen molar-refractivity contribution in [1.29, 1.82) is 0 Å². The molecule has 3 rings (SSSR count). The standard InChI is InChI=1S/C18H24N6O/c1-3-23-8-10-24(11-9-23)18-16(19)17(20-12-21-18)22-15-6-4-14(5-7-15)13(2)25/h4-7,12H,3,8-11,19H2,1-2H3,(H,20,21,22). The maximum Gasteiger partial charge on any atom is 0.159 e. The monoisotopic (exact) mass is 340 g/mol. The number of nitrogens with zero attached hydrogens (tertiary/aromatic N) is 4. The number of nitrogen functional groups attached to an aromatic ring is 1. The Kier molecular flexibility index (Phi) is 5.14. The van der Waals surface area contributed by atoms with E-state index in [9.17, 15) is 4.79 Å². The number of piperazine rings is 1. The molecular formula is C18H24N6O. The van der Waals surface area contributed by atoms with Crippen molar-refractivity contribution in [3.63, 3.8) is 0 Å². The summed E-state index contributed by atoms with van der Waals surface area (Å²) >= 11 is 0. The fraction of sp³-hybridized carbons (Fsp3) is 0.389. The summed E-state index contributed by atoms with van der Waals surface area (Å²) < 4.78 is 0. The van der Waals surface area contributed by atoms with Crippen LogP contribution in [0.1, 0.15) is 24.2 Å². The molecule has 1 fully saturated rings. The number of ketones is 1. The van der Waals surface area contributed by atoms with Crippen molar-refractivity contribution in [2.24, 2.45) is 0 Å². The lowest BCUT2D eigenvalue weighted by Crippen LogP contribution is -2.46. The summed E-state index contributed by atoms with van der Waals surface area (Å²) in [5, 5.41) is 3.21. The van der Waals surface area contributed by atoms with Gasteiger partial charge in [0.05, 0.1) is 0 Å². The summed E-state index contributed by atoms with van der Waals surface area (Å²) in [6.07, 6.45) is 1.53. The van der Waals surface area contributed by atoms with E-state index in [1.165, 1.54) is 6.33 Å². The molecule has 0 aliphatic carbocycles. The number of hydrogen-bond donors (Lipinski definition) is 2. The van der Waals surface area contributed by atoms with Crippen LogP contribution in [0.25, 0.3) is 0 Å². The molecule has 7 heteroatoms. The van der Waals surface area contributed by atoms with Gasteiger partial charge in [0.2, 0.25) is 0 Å². The lowest BCUT2D eigenvalue weighted by molar-refractivity contribution is 0.101. The zero-order chi connectivity index (χ0) is 17.8. The molecule has 7 nitrogen and oxygen atoms in total. The van der Waals surface area contributed by atoms with Crippen LogP contribution in [0.2, 0.25) is 0 Å². The number of carbonyl (C=O) groups is 1. The minimum absolute atomic E-state index is 0.0432. The van der Waals surface area contributed by atoms with Crippen molar-refractivity contribution < 1.29 is 4.79 Å². The second kappa shape index (κ2) is 7.48. The summed E-state index contributed by atoms with van der Waals surface area (Å²) in [7, 11) is 0. The van der Waals surface area contributed by atoms with Crippen LogP contribution in [-0.2, 0) is 0 Å². The second-order valence-electron chi connectivity index (χ2n) is 6.14. The van der Waals surface area contributed by atoms with Gasteiger partial charge in [-0.2, -0.15) is 0 Å². The van der Waals surface area contributed by atoms with Gasteiger partial charge in [-0.05, 0) is 37.7 Å². The van der Waals surface area contributed by atoms with Gasteiger partial charge in [0.15, 0.2) is 17.4 Å². The van der Waals surface area contributed by atoms with E-state index < -0.39 is 0 Å². The van der Waals surface area contributed by atoms with Crippen LogP contribution in [0.4, 0.5) is 23.0 Å². The SMILES string of the molecule is CCN1CCN(c2ncnc(Nc3ccc(C(C)=O)cc3)c2N)CC1. The van der Waals surface area contributed by atoms with E-state index in [4.69, 9.17) is 5.73 Å². The Morgan fingerprint density at radius 3 is 2.44 bits per heavy atom. The van der Waals surface area contributed by atoms with Gasteiger partial charge in [-0.15, -0.1) is 0 Å². The second-order valence-corrected chi connectivity index (χ2v) is 6.14. The highest BCUT2D eigenvalue weighted by Gasteiger charge is 2.20.